The van der Waals surface area contributed by atoms with Crippen LogP contribution in [0.3, 0.4) is 0 Å². The van der Waals surface area contributed by atoms with Crippen molar-refractivity contribution >= 4 is 17.9 Å². The van der Waals surface area contributed by atoms with Gasteiger partial charge in [0.1, 0.15) is 17.7 Å². The molecule has 3 amide bonds. The Morgan fingerprint density at radius 2 is 1.55 bits per heavy atom. The number of unbranched alkanes of at least 4 members (excludes halogenated alkanes) is 2. The second-order valence-electron chi connectivity index (χ2n) is 10.5. The Morgan fingerprint density at radius 3 is 2.11 bits per heavy atom. The number of ether oxygens (including phenoxy) is 1. The molecule has 7 heteroatoms. The molecule has 0 aliphatic rings. The number of likely N-dealkylation sites (N-methyl/N-ethyl adjacent to an activating group) is 1. The van der Waals surface area contributed by atoms with Crippen LogP contribution in [0.15, 0.2) is 54.6 Å². The molecule has 7 nitrogen and oxygen atoms in total. The average molecular weight is 524 g/mol. The van der Waals surface area contributed by atoms with Gasteiger partial charge in [-0.15, -0.1) is 0 Å². The minimum atomic E-state index is -0.905. The predicted octanol–water partition coefficient (Wildman–Crippen LogP) is 5.58. The highest BCUT2D eigenvalue weighted by atomic mass is 16.6. The Bertz CT molecular complexity index is 1020. The number of hydrogen-bond acceptors (Lipinski definition) is 4. The van der Waals surface area contributed by atoms with E-state index in [1.54, 1.807) is 25.7 Å². The number of amides is 3. The third-order valence-electron chi connectivity index (χ3n) is 6.24. The first-order chi connectivity index (χ1) is 18.1. The van der Waals surface area contributed by atoms with E-state index >= 15 is 0 Å². The van der Waals surface area contributed by atoms with Crippen LogP contribution in [0.25, 0.3) is 0 Å². The summed E-state index contributed by atoms with van der Waals surface area (Å²) in [7, 11) is 0. The maximum absolute atomic E-state index is 14.1. The van der Waals surface area contributed by atoms with Crippen LogP contribution in [0, 0.1) is 0 Å². The Morgan fingerprint density at radius 1 is 0.895 bits per heavy atom. The first-order valence-corrected chi connectivity index (χ1v) is 13.8. The van der Waals surface area contributed by atoms with Crippen LogP contribution in [0.4, 0.5) is 4.79 Å². The number of aryl methyl sites for hydroxylation is 1. The molecule has 2 atom stereocenters. The second kappa shape index (κ2) is 15.2. The average Bonchev–Trinajstić information content (AvgIpc) is 2.88. The zero-order valence-electron chi connectivity index (χ0n) is 23.9. The molecule has 2 unspecified atom stereocenters. The van der Waals surface area contributed by atoms with Gasteiger partial charge in [0.25, 0.3) is 0 Å². The number of carbonyl (C=O) groups is 3. The van der Waals surface area contributed by atoms with E-state index < -0.39 is 23.8 Å². The van der Waals surface area contributed by atoms with E-state index in [0.717, 1.165) is 42.4 Å². The quantitative estimate of drug-likeness (QED) is 0.336. The first-order valence-electron chi connectivity index (χ1n) is 13.8. The molecule has 0 aliphatic carbocycles. The standard InChI is InChI=1S/C31H45N3O4/c1-7-10-14-21-32-28(35)27(25-19-17-23(8-2)18-20-25)34(9-3)29(36)26(22-24-15-12-11-13-16-24)33-30(37)38-31(4,5)6/h11-13,15-20,26-27H,7-10,14,21-22H2,1-6H3,(H,32,35)(H,33,37). The van der Waals surface area contributed by atoms with Gasteiger partial charge in [-0.2, -0.15) is 0 Å². The summed E-state index contributed by atoms with van der Waals surface area (Å²) in [5, 5.41) is 5.81. The summed E-state index contributed by atoms with van der Waals surface area (Å²) in [6.45, 7) is 12.2. The van der Waals surface area contributed by atoms with Crippen molar-refractivity contribution in [2.75, 3.05) is 13.1 Å². The Hall–Kier alpha value is -3.35. The molecule has 2 rings (SSSR count). The van der Waals surface area contributed by atoms with E-state index in [1.165, 1.54) is 0 Å². The zero-order valence-corrected chi connectivity index (χ0v) is 23.9. The van der Waals surface area contributed by atoms with E-state index in [4.69, 9.17) is 4.74 Å². The molecule has 2 aromatic rings. The van der Waals surface area contributed by atoms with Gasteiger partial charge in [-0.1, -0.05) is 81.3 Å². The third kappa shape index (κ3) is 9.84. The van der Waals surface area contributed by atoms with Gasteiger partial charge in [-0.05, 0) is 57.2 Å². The summed E-state index contributed by atoms with van der Waals surface area (Å²) in [6.07, 6.45) is 3.43. The number of hydrogen-bond donors (Lipinski definition) is 2. The van der Waals surface area contributed by atoms with Crippen LogP contribution in [0.1, 0.15) is 83.5 Å². The van der Waals surface area contributed by atoms with Gasteiger partial charge in [0.15, 0.2) is 0 Å². The molecule has 208 valence electrons. The second-order valence-corrected chi connectivity index (χ2v) is 10.5. The summed E-state index contributed by atoms with van der Waals surface area (Å²) < 4.78 is 5.46. The lowest BCUT2D eigenvalue weighted by Crippen LogP contribution is -2.53. The topological polar surface area (TPSA) is 87.7 Å². The summed E-state index contributed by atoms with van der Waals surface area (Å²) >= 11 is 0. The largest absolute Gasteiger partial charge is 0.444 e. The van der Waals surface area contributed by atoms with Gasteiger partial charge >= 0.3 is 6.09 Å². The number of benzene rings is 2. The van der Waals surface area contributed by atoms with Crippen molar-refractivity contribution in [3.8, 4) is 0 Å². The van der Waals surface area contributed by atoms with Gasteiger partial charge in [0, 0.05) is 19.5 Å². The molecule has 0 saturated carbocycles. The van der Waals surface area contributed by atoms with Crippen LogP contribution >= 0.6 is 0 Å². The molecule has 0 aromatic heterocycles. The molecule has 0 aliphatic heterocycles. The number of nitrogens with one attached hydrogen (secondary N) is 2. The summed E-state index contributed by atoms with van der Waals surface area (Å²) in [5.41, 5.74) is 2.07. The van der Waals surface area contributed by atoms with Crippen molar-refractivity contribution in [1.29, 1.82) is 0 Å². The van der Waals surface area contributed by atoms with Gasteiger partial charge in [0.05, 0.1) is 0 Å². The maximum atomic E-state index is 14.1. The zero-order chi connectivity index (χ0) is 28.1. The molecule has 0 saturated heterocycles. The van der Waals surface area contributed by atoms with Crippen LogP contribution < -0.4 is 10.6 Å². The number of alkyl carbamates (subject to hydrolysis) is 1. The molecule has 0 spiro atoms. The fourth-order valence-electron chi connectivity index (χ4n) is 4.26. The Balaban J connectivity index is 2.41. The predicted molar refractivity (Wildman–Crippen MR) is 152 cm³/mol. The SMILES string of the molecule is CCCCCNC(=O)C(c1ccc(CC)cc1)N(CC)C(=O)C(Cc1ccccc1)NC(=O)OC(C)(C)C. The monoisotopic (exact) mass is 523 g/mol. The molecular formula is C31H45N3O4. The lowest BCUT2D eigenvalue weighted by atomic mass is 9.99. The van der Waals surface area contributed by atoms with Crippen molar-refractivity contribution < 1.29 is 19.1 Å². The lowest BCUT2D eigenvalue weighted by Gasteiger charge is -2.34. The molecular weight excluding hydrogens is 478 g/mol. The van der Waals surface area contributed by atoms with E-state index in [0.29, 0.717) is 13.1 Å². The van der Waals surface area contributed by atoms with Gasteiger partial charge in [-0.3, -0.25) is 9.59 Å². The highest BCUT2D eigenvalue weighted by Gasteiger charge is 2.35. The summed E-state index contributed by atoms with van der Waals surface area (Å²) in [4.78, 5) is 41.9. The van der Waals surface area contributed by atoms with E-state index in [1.807, 2.05) is 61.5 Å². The molecule has 0 heterocycles. The third-order valence-corrected chi connectivity index (χ3v) is 6.24. The van der Waals surface area contributed by atoms with E-state index in [-0.39, 0.29) is 18.2 Å². The molecule has 0 bridgehead atoms. The molecule has 2 N–H and O–H groups in total. The smallest absolute Gasteiger partial charge is 0.408 e. The summed E-state index contributed by atoms with van der Waals surface area (Å²) in [5.74, 6) is -0.563. The van der Waals surface area contributed by atoms with Crippen LogP contribution in [-0.4, -0.2) is 47.5 Å². The Labute approximate surface area is 228 Å². The van der Waals surface area contributed by atoms with E-state index in [2.05, 4.69) is 24.5 Å². The maximum Gasteiger partial charge on any atom is 0.408 e. The van der Waals surface area contributed by atoms with Crippen molar-refractivity contribution in [2.24, 2.45) is 0 Å². The molecule has 2 aromatic carbocycles. The van der Waals surface area contributed by atoms with Gasteiger partial charge in [-0.25, -0.2) is 4.79 Å². The highest BCUT2D eigenvalue weighted by molar-refractivity contribution is 5.92. The number of nitrogens with zero attached hydrogens (tertiary/aromatic N) is 1. The van der Waals surface area contributed by atoms with Crippen molar-refractivity contribution in [3.05, 3.63) is 71.3 Å². The van der Waals surface area contributed by atoms with Crippen LogP contribution in [0.2, 0.25) is 0 Å². The van der Waals surface area contributed by atoms with Gasteiger partial charge in [0.2, 0.25) is 11.8 Å². The van der Waals surface area contributed by atoms with Crippen molar-refractivity contribution in [1.82, 2.24) is 15.5 Å². The fraction of sp³-hybridized carbons (Fsp3) is 0.516. The summed E-state index contributed by atoms with van der Waals surface area (Å²) in [6, 6.07) is 15.6. The molecule has 38 heavy (non-hydrogen) atoms. The number of carbonyl (C=O) groups excluding carboxylic acids is 3. The Kier molecular flexibility index (Phi) is 12.3. The minimum absolute atomic E-state index is 0.226. The fourth-order valence-corrected chi connectivity index (χ4v) is 4.26. The van der Waals surface area contributed by atoms with Crippen molar-refractivity contribution in [3.63, 3.8) is 0 Å². The van der Waals surface area contributed by atoms with Gasteiger partial charge < -0.3 is 20.3 Å². The van der Waals surface area contributed by atoms with E-state index in [9.17, 15) is 14.4 Å². The minimum Gasteiger partial charge on any atom is -0.444 e. The molecule has 0 radical (unpaired) electrons. The van der Waals surface area contributed by atoms with Crippen molar-refractivity contribution in [2.45, 2.75) is 91.3 Å². The lowest BCUT2D eigenvalue weighted by molar-refractivity contribution is -0.142. The highest BCUT2D eigenvalue weighted by Crippen LogP contribution is 2.24. The normalized spacial score (nSPS) is 12.8. The van der Waals surface area contributed by atoms with Crippen LogP contribution in [0.5, 0.6) is 0 Å². The molecule has 0 fully saturated rings. The first kappa shape index (κ1) is 30.9. The van der Waals surface area contributed by atoms with Crippen LogP contribution in [-0.2, 0) is 27.2 Å². The number of rotatable bonds is 13.